The zero-order chi connectivity index (χ0) is 18.7. The fraction of sp³-hybridized carbons (Fsp3) is 0.316. The molecule has 0 atom stereocenters. The van der Waals surface area contributed by atoms with Gasteiger partial charge in [0.15, 0.2) is 0 Å². The Kier molecular flexibility index (Phi) is 5.53. The zero-order valence-electron chi connectivity index (χ0n) is 14.6. The van der Waals surface area contributed by atoms with Crippen LogP contribution in [-0.2, 0) is 21.2 Å². The molecule has 26 heavy (non-hydrogen) atoms. The maximum Gasteiger partial charge on any atom is 0.232 e. The van der Waals surface area contributed by atoms with Crippen LogP contribution in [0.3, 0.4) is 0 Å². The van der Waals surface area contributed by atoms with Crippen LogP contribution in [0.2, 0.25) is 5.02 Å². The molecule has 0 aliphatic carbocycles. The number of carbonyl (C=O) groups is 1. The molecule has 7 heteroatoms. The van der Waals surface area contributed by atoms with Crippen molar-refractivity contribution in [1.82, 2.24) is 0 Å². The number of aryl methyl sites for hydroxylation is 1. The van der Waals surface area contributed by atoms with Gasteiger partial charge in [0.2, 0.25) is 15.9 Å². The first-order valence-electron chi connectivity index (χ1n) is 8.48. The smallest absolute Gasteiger partial charge is 0.232 e. The molecule has 5 nitrogen and oxygen atoms in total. The summed E-state index contributed by atoms with van der Waals surface area (Å²) in [6, 6.07) is 14.5. The minimum atomic E-state index is -3.52. The van der Waals surface area contributed by atoms with Crippen molar-refractivity contribution in [2.75, 3.05) is 28.6 Å². The van der Waals surface area contributed by atoms with Crippen LogP contribution in [0.15, 0.2) is 48.5 Å². The number of para-hydroxylation sites is 1. The van der Waals surface area contributed by atoms with Gasteiger partial charge in [-0.2, -0.15) is 0 Å². The molecule has 2 aromatic rings. The quantitative estimate of drug-likeness (QED) is 0.782. The molecule has 0 fully saturated rings. The second kappa shape index (κ2) is 7.68. The van der Waals surface area contributed by atoms with Crippen molar-refractivity contribution >= 4 is 38.9 Å². The lowest BCUT2D eigenvalue weighted by Gasteiger charge is -2.30. The van der Waals surface area contributed by atoms with Crippen molar-refractivity contribution in [2.45, 2.75) is 19.3 Å². The second-order valence-corrected chi connectivity index (χ2v) is 8.69. The molecule has 138 valence electrons. The number of sulfonamides is 1. The third kappa shape index (κ3) is 4.19. The summed E-state index contributed by atoms with van der Waals surface area (Å²) < 4.78 is 25.6. The number of hydrogen-bond donors (Lipinski definition) is 0. The molecule has 0 radical (unpaired) electrons. The molecular formula is C19H21ClN2O3S. The van der Waals surface area contributed by atoms with Gasteiger partial charge >= 0.3 is 0 Å². The third-order valence-electron chi connectivity index (χ3n) is 4.44. The number of rotatable bonds is 5. The van der Waals surface area contributed by atoms with Crippen molar-refractivity contribution in [1.29, 1.82) is 0 Å². The normalized spacial score (nSPS) is 14.0. The summed E-state index contributed by atoms with van der Waals surface area (Å²) in [6.07, 6.45) is 3.10. The van der Waals surface area contributed by atoms with E-state index in [1.165, 1.54) is 4.31 Å². The molecular weight excluding hydrogens is 372 g/mol. The van der Waals surface area contributed by atoms with Crippen LogP contribution in [0.25, 0.3) is 0 Å². The van der Waals surface area contributed by atoms with Crippen molar-refractivity contribution in [3.63, 3.8) is 0 Å². The van der Waals surface area contributed by atoms with E-state index in [0.717, 1.165) is 30.3 Å². The number of fused-ring (bicyclic) bond motifs is 1. The van der Waals surface area contributed by atoms with E-state index in [-0.39, 0.29) is 18.9 Å². The molecule has 0 spiro atoms. The highest BCUT2D eigenvalue weighted by Gasteiger charge is 2.24. The fourth-order valence-corrected chi connectivity index (χ4v) is 4.35. The molecule has 0 bridgehead atoms. The second-order valence-electron chi connectivity index (χ2n) is 6.34. The highest BCUT2D eigenvalue weighted by Crippen LogP contribution is 2.28. The van der Waals surface area contributed by atoms with E-state index < -0.39 is 10.0 Å². The maximum absolute atomic E-state index is 12.8. The molecule has 0 unspecified atom stereocenters. The van der Waals surface area contributed by atoms with Crippen LogP contribution in [0.5, 0.6) is 0 Å². The van der Waals surface area contributed by atoms with Crippen LogP contribution in [0, 0.1) is 0 Å². The van der Waals surface area contributed by atoms with Crippen molar-refractivity contribution in [3.8, 4) is 0 Å². The summed E-state index contributed by atoms with van der Waals surface area (Å²) >= 11 is 5.98. The summed E-state index contributed by atoms with van der Waals surface area (Å²) in [5.41, 5.74) is 2.55. The van der Waals surface area contributed by atoms with Gasteiger partial charge < -0.3 is 4.90 Å². The van der Waals surface area contributed by atoms with Gasteiger partial charge in [0.25, 0.3) is 0 Å². The number of hydrogen-bond acceptors (Lipinski definition) is 3. The summed E-state index contributed by atoms with van der Waals surface area (Å²) in [5, 5.41) is 0.451. The van der Waals surface area contributed by atoms with Crippen LogP contribution < -0.4 is 9.21 Å². The molecule has 0 saturated heterocycles. The van der Waals surface area contributed by atoms with Crippen molar-refractivity contribution in [2.24, 2.45) is 0 Å². The van der Waals surface area contributed by atoms with E-state index in [1.807, 2.05) is 24.3 Å². The van der Waals surface area contributed by atoms with Gasteiger partial charge in [-0.25, -0.2) is 8.42 Å². The summed E-state index contributed by atoms with van der Waals surface area (Å²) in [7, 11) is -3.52. The standard InChI is InChI=1S/C19H21ClN2O3S/c1-26(24,25)22(17-9-4-8-16(20)14-17)13-11-19(23)21-12-5-7-15-6-2-3-10-18(15)21/h2-4,6,8-10,14H,5,7,11-13H2,1H3. The lowest BCUT2D eigenvalue weighted by molar-refractivity contribution is -0.118. The lowest BCUT2D eigenvalue weighted by Crippen LogP contribution is -2.39. The van der Waals surface area contributed by atoms with Crippen molar-refractivity contribution in [3.05, 3.63) is 59.1 Å². The van der Waals surface area contributed by atoms with Crippen LogP contribution in [0.1, 0.15) is 18.4 Å². The Labute approximate surface area is 159 Å². The average molecular weight is 393 g/mol. The largest absolute Gasteiger partial charge is 0.312 e. The first kappa shape index (κ1) is 18.7. The molecule has 2 aromatic carbocycles. The molecule has 1 aliphatic heterocycles. The Balaban J connectivity index is 1.77. The lowest BCUT2D eigenvalue weighted by atomic mass is 10.0. The van der Waals surface area contributed by atoms with E-state index in [4.69, 9.17) is 11.6 Å². The minimum Gasteiger partial charge on any atom is -0.312 e. The fourth-order valence-electron chi connectivity index (χ4n) is 3.24. The van der Waals surface area contributed by atoms with Gasteiger partial charge in [-0.05, 0) is 42.7 Å². The molecule has 0 saturated carbocycles. The van der Waals surface area contributed by atoms with Crippen LogP contribution in [0.4, 0.5) is 11.4 Å². The number of nitrogens with zero attached hydrogens (tertiary/aromatic N) is 2. The van der Waals surface area contributed by atoms with Gasteiger partial charge in [-0.15, -0.1) is 0 Å². The Hall–Kier alpha value is -2.05. The molecule has 1 amide bonds. The summed E-state index contributed by atoms with van der Waals surface area (Å²) in [4.78, 5) is 14.5. The zero-order valence-corrected chi connectivity index (χ0v) is 16.1. The van der Waals surface area contributed by atoms with Gasteiger partial charge in [-0.3, -0.25) is 9.10 Å². The predicted molar refractivity (Wildman–Crippen MR) is 105 cm³/mol. The Morgan fingerprint density at radius 3 is 2.69 bits per heavy atom. The maximum atomic E-state index is 12.8. The monoisotopic (exact) mass is 392 g/mol. The first-order valence-corrected chi connectivity index (χ1v) is 10.7. The van der Waals surface area contributed by atoms with E-state index in [0.29, 0.717) is 17.3 Å². The van der Waals surface area contributed by atoms with Crippen LogP contribution >= 0.6 is 11.6 Å². The Bertz CT molecular complexity index is 915. The Morgan fingerprint density at radius 2 is 1.96 bits per heavy atom. The highest BCUT2D eigenvalue weighted by molar-refractivity contribution is 7.92. The first-order chi connectivity index (χ1) is 12.4. The number of amides is 1. The molecule has 1 heterocycles. The predicted octanol–water partition coefficient (Wildman–Crippen LogP) is 3.48. The minimum absolute atomic E-state index is 0.0761. The molecule has 1 aliphatic rings. The number of benzene rings is 2. The van der Waals surface area contributed by atoms with E-state index >= 15 is 0 Å². The average Bonchev–Trinajstić information content (AvgIpc) is 2.60. The molecule has 0 N–H and O–H groups in total. The van der Waals surface area contributed by atoms with Crippen molar-refractivity contribution < 1.29 is 13.2 Å². The number of halogens is 1. The number of anilines is 2. The highest BCUT2D eigenvalue weighted by atomic mass is 35.5. The van der Waals surface area contributed by atoms with E-state index in [9.17, 15) is 13.2 Å². The van der Waals surface area contributed by atoms with Gasteiger partial charge in [0.1, 0.15) is 0 Å². The molecule has 3 rings (SSSR count). The van der Waals surface area contributed by atoms with E-state index in [1.54, 1.807) is 29.2 Å². The summed E-state index contributed by atoms with van der Waals surface area (Å²) in [6.45, 7) is 0.739. The third-order valence-corrected chi connectivity index (χ3v) is 5.87. The van der Waals surface area contributed by atoms with Gasteiger partial charge in [-0.1, -0.05) is 35.9 Å². The van der Waals surface area contributed by atoms with Crippen LogP contribution in [-0.4, -0.2) is 33.7 Å². The summed E-state index contributed by atoms with van der Waals surface area (Å²) in [5.74, 6) is -0.0761. The van der Waals surface area contributed by atoms with Gasteiger partial charge in [0, 0.05) is 30.2 Å². The van der Waals surface area contributed by atoms with Gasteiger partial charge in [0.05, 0.1) is 11.9 Å². The molecule has 0 aromatic heterocycles. The Morgan fingerprint density at radius 1 is 1.19 bits per heavy atom. The SMILES string of the molecule is CS(=O)(=O)N(CCC(=O)N1CCCc2ccccc21)c1cccc(Cl)c1. The topological polar surface area (TPSA) is 57.7 Å². The van der Waals surface area contributed by atoms with E-state index in [2.05, 4.69) is 0 Å². The number of carbonyl (C=O) groups excluding carboxylic acids is 1.